The fraction of sp³-hybridized carbons (Fsp3) is 0.909. The summed E-state index contributed by atoms with van der Waals surface area (Å²) in [5.74, 6) is 0.0333. The van der Waals surface area contributed by atoms with Crippen LogP contribution in [0.15, 0.2) is 0 Å². The van der Waals surface area contributed by atoms with E-state index in [0.29, 0.717) is 6.04 Å². The van der Waals surface area contributed by atoms with Crippen LogP contribution in [-0.4, -0.2) is 78.9 Å². The van der Waals surface area contributed by atoms with Crippen LogP contribution >= 0.6 is 0 Å². The van der Waals surface area contributed by atoms with E-state index in [0.717, 1.165) is 64.7 Å². The maximum Gasteiger partial charge on any atom is 0.410 e. The Bertz CT molecular complexity index is 520. The normalized spacial score (nSPS) is 23.3. The van der Waals surface area contributed by atoms with E-state index in [1.165, 1.54) is 19.3 Å². The van der Waals surface area contributed by atoms with Gasteiger partial charge in [-0.15, -0.1) is 0 Å². The molecule has 1 saturated carbocycles. The van der Waals surface area contributed by atoms with Crippen LogP contribution in [0.2, 0.25) is 0 Å². The minimum absolute atomic E-state index is 0.0333. The zero-order valence-corrected chi connectivity index (χ0v) is 18.2. The summed E-state index contributed by atoms with van der Waals surface area (Å²) >= 11 is 0. The first-order valence-corrected chi connectivity index (χ1v) is 11.6. The van der Waals surface area contributed by atoms with Gasteiger partial charge in [0.15, 0.2) is 0 Å². The van der Waals surface area contributed by atoms with E-state index in [-0.39, 0.29) is 36.9 Å². The number of likely N-dealkylation sites (tertiary alicyclic amines) is 2. The van der Waals surface area contributed by atoms with E-state index < -0.39 is 0 Å². The van der Waals surface area contributed by atoms with Crippen LogP contribution in [0.1, 0.15) is 71.6 Å². The molecule has 3 rings (SSSR count). The zero-order chi connectivity index (χ0) is 20.6. The van der Waals surface area contributed by atoms with Crippen LogP contribution in [-0.2, 0) is 14.3 Å². The van der Waals surface area contributed by atoms with Crippen LogP contribution in [0.4, 0.5) is 4.79 Å². The Labute approximate surface area is 175 Å². The molecule has 3 aliphatic rings. The van der Waals surface area contributed by atoms with Crippen molar-refractivity contribution in [2.24, 2.45) is 0 Å². The van der Waals surface area contributed by atoms with Crippen molar-refractivity contribution in [3.05, 3.63) is 0 Å². The van der Waals surface area contributed by atoms with Gasteiger partial charge in [0.05, 0.1) is 12.2 Å². The van der Waals surface area contributed by atoms with Gasteiger partial charge in [-0.3, -0.25) is 4.79 Å². The van der Waals surface area contributed by atoms with Crippen molar-refractivity contribution in [1.29, 1.82) is 0 Å². The average molecular weight is 410 g/mol. The Kier molecular flexibility index (Phi) is 8.60. The Morgan fingerprint density at radius 2 is 1.59 bits per heavy atom. The summed E-state index contributed by atoms with van der Waals surface area (Å²) in [5, 5.41) is 3.16. The molecular formula is C22H39N3O4. The summed E-state index contributed by atoms with van der Waals surface area (Å²) in [7, 11) is 0. The Hall–Kier alpha value is -1.34. The highest BCUT2D eigenvalue weighted by Crippen LogP contribution is 2.22. The minimum atomic E-state index is -0.185. The molecule has 29 heavy (non-hydrogen) atoms. The van der Waals surface area contributed by atoms with Gasteiger partial charge in [-0.1, -0.05) is 19.3 Å². The molecule has 0 aromatic heterocycles. The van der Waals surface area contributed by atoms with E-state index in [1.54, 1.807) is 0 Å². The molecule has 2 saturated heterocycles. The lowest BCUT2D eigenvalue weighted by Crippen LogP contribution is -2.52. The lowest BCUT2D eigenvalue weighted by atomic mass is 9.97. The Morgan fingerprint density at radius 1 is 0.931 bits per heavy atom. The summed E-state index contributed by atoms with van der Waals surface area (Å²) in [4.78, 5) is 28.6. The van der Waals surface area contributed by atoms with Crippen molar-refractivity contribution in [2.75, 3.05) is 32.8 Å². The first-order chi connectivity index (χ1) is 14.0. The quantitative estimate of drug-likeness (QED) is 0.730. The molecule has 3 fully saturated rings. The van der Waals surface area contributed by atoms with Crippen molar-refractivity contribution in [1.82, 2.24) is 15.1 Å². The van der Waals surface area contributed by atoms with Gasteiger partial charge in [-0.05, 0) is 52.4 Å². The maximum atomic E-state index is 12.2. The largest absolute Gasteiger partial charge is 0.447 e. The fourth-order valence-electron chi connectivity index (χ4n) is 4.79. The molecule has 166 valence electrons. The lowest BCUT2D eigenvalue weighted by molar-refractivity contribution is -0.129. The first kappa shape index (κ1) is 22.3. The molecule has 0 bridgehead atoms. The van der Waals surface area contributed by atoms with Gasteiger partial charge in [0.2, 0.25) is 5.91 Å². The van der Waals surface area contributed by atoms with Crippen molar-refractivity contribution < 1.29 is 19.1 Å². The molecule has 0 radical (unpaired) electrons. The molecule has 0 spiro atoms. The summed E-state index contributed by atoms with van der Waals surface area (Å²) in [5.41, 5.74) is 0. The molecule has 1 N–H and O–H groups in total. The third-order valence-electron chi connectivity index (χ3n) is 6.47. The number of carbonyl (C=O) groups excluding carboxylic acids is 2. The van der Waals surface area contributed by atoms with Gasteiger partial charge in [0, 0.05) is 38.3 Å². The van der Waals surface area contributed by atoms with Gasteiger partial charge >= 0.3 is 6.09 Å². The third kappa shape index (κ3) is 7.14. The van der Waals surface area contributed by atoms with Crippen LogP contribution in [0, 0.1) is 0 Å². The number of ether oxygens (including phenoxy) is 2. The van der Waals surface area contributed by atoms with E-state index in [2.05, 4.69) is 10.2 Å². The van der Waals surface area contributed by atoms with Crippen molar-refractivity contribution in [2.45, 2.75) is 95.9 Å². The number of amides is 2. The average Bonchev–Trinajstić information content (AvgIpc) is 2.73. The summed E-state index contributed by atoms with van der Waals surface area (Å²) in [6.07, 6.45) is 9.95. The van der Waals surface area contributed by atoms with E-state index in [1.807, 2.05) is 18.7 Å². The second kappa shape index (κ2) is 11.2. The Morgan fingerprint density at radius 3 is 2.21 bits per heavy atom. The number of piperidine rings is 2. The van der Waals surface area contributed by atoms with Crippen LogP contribution < -0.4 is 5.32 Å². The second-order valence-corrected chi connectivity index (χ2v) is 9.10. The highest BCUT2D eigenvalue weighted by molar-refractivity contribution is 5.77. The first-order valence-electron chi connectivity index (χ1n) is 11.6. The second-order valence-electron chi connectivity index (χ2n) is 9.10. The fourth-order valence-corrected chi connectivity index (χ4v) is 4.79. The van der Waals surface area contributed by atoms with Crippen molar-refractivity contribution >= 4 is 12.0 Å². The lowest BCUT2D eigenvalue weighted by Gasteiger charge is -2.41. The molecule has 0 unspecified atom stereocenters. The third-order valence-corrected chi connectivity index (χ3v) is 6.47. The molecule has 2 amide bonds. The molecule has 0 aromatic rings. The van der Waals surface area contributed by atoms with E-state index >= 15 is 0 Å². The highest BCUT2D eigenvalue weighted by atomic mass is 16.6. The number of hydrogen-bond acceptors (Lipinski definition) is 5. The molecule has 0 aromatic carbocycles. The summed E-state index contributed by atoms with van der Waals surface area (Å²) in [6.45, 7) is 7.53. The maximum absolute atomic E-state index is 12.2. The zero-order valence-electron chi connectivity index (χ0n) is 18.2. The monoisotopic (exact) mass is 409 g/mol. The standard InChI is InChI=1S/C22H39N3O4/c1-17(2)29-22(27)25-14-10-19(11-15-25)24-12-8-18(9-13-24)23-21(26)16-28-20-6-4-3-5-7-20/h17-20H,3-16H2,1-2H3,(H,23,26). The van der Waals surface area contributed by atoms with Gasteiger partial charge in [0.1, 0.15) is 6.61 Å². The van der Waals surface area contributed by atoms with Crippen LogP contribution in [0.3, 0.4) is 0 Å². The van der Waals surface area contributed by atoms with Gasteiger partial charge in [0.25, 0.3) is 0 Å². The van der Waals surface area contributed by atoms with Gasteiger partial charge in [-0.2, -0.15) is 0 Å². The van der Waals surface area contributed by atoms with E-state index in [4.69, 9.17) is 9.47 Å². The molecule has 7 heteroatoms. The van der Waals surface area contributed by atoms with Crippen molar-refractivity contribution in [3.63, 3.8) is 0 Å². The number of rotatable bonds is 6. The predicted molar refractivity (Wildman–Crippen MR) is 112 cm³/mol. The van der Waals surface area contributed by atoms with Crippen LogP contribution in [0.25, 0.3) is 0 Å². The SMILES string of the molecule is CC(C)OC(=O)N1CCC(N2CCC(NC(=O)COC3CCCCC3)CC2)CC1. The highest BCUT2D eigenvalue weighted by Gasteiger charge is 2.30. The topological polar surface area (TPSA) is 71.1 Å². The molecule has 0 atom stereocenters. The van der Waals surface area contributed by atoms with E-state index in [9.17, 15) is 9.59 Å². The summed E-state index contributed by atoms with van der Waals surface area (Å²) in [6, 6.07) is 0.791. The Balaban J connectivity index is 1.30. The minimum Gasteiger partial charge on any atom is -0.447 e. The molecule has 2 aliphatic heterocycles. The smallest absolute Gasteiger partial charge is 0.410 e. The number of hydrogen-bond donors (Lipinski definition) is 1. The number of carbonyl (C=O) groups is 2. The van der Waals surface area contributed by atoms with Gasteiger partial charge in [-0.25, -0.2) is 4.79 Å². The summed E-state index contributed by atoms with van der Waals surface area (Å²) < 4.78 is 11.1. The van der Waals surface area contributed by atoms with Crippen molar-refractivity contribution in [3.8, 4) is 0 Å². The van der Waals surface area contributed by atoms with Crippen LogP contribution in [0.5, 0.6) is 0 Å². The molecular weight excluding hydrogens is 370 g/mol. The molecule has 7 nitrogen and oxygen atoms in total. The number of nitrogens with zero attached hydrogens (tertiary/aromatic N) is 2. The van der Waals surface area contributed by atoms with Gasteiger partial charge < -0.3 is 24.6 Å². The number of nitrogens with one attached hydrogen (secondary N) is 1. The molecule has 1 aliphatic carbocycles. The predicted octanol–water partition coefficient (Wildman–Crippen LogP) is 2.93. The molecule has 2 heterocycles.